The lowest BCUT2D eigenvalue weighted by Crippen LogP contribution is -2.52. The van der Waals surface area contributed by atoms with Crippen molar-refractivity contribution >= 4 is 39.0 Å². The van der Waals surface area contributed by atoms with Gasteiger partial charge >= 0.3 is 0 Å². The molecule has 1 aromatic heterocycles. The van der Waals surface area contributed by atoms with Crippen molar-refractivity contribution in [3.63, 3.8) is 0 Å². The number of hydrogen-bond acceptors (Lipinski definition) is 5. The number of Topliss-reactive ketones (excluding diaryl/α,β-unsaturated/α-hetero) is 1. The number of fused-ring (bicyclic) bond motifs is 2. The van der Waals surface area contributed by atoms with E-state index in [2.05, 4.69) is 5.32 Å². The zero-order valence-corrected chi connectivity index (χ0v) is 17.7. The Morgan fingerprint density at radius 2 is 2.00 bits per heavy atom. The summed E-state index contributed by atoms with van der Waals surface area (Å²) in [4.78, 5) is 41.1. The van der Waals surface area contributed by atoms with Crippen LogP contribution in [0.15, 0.2) is 30.3 Å². The van der Waals surface area contributed by atoms with E-state index in [0.717, 1.165) is 22.9 Å². The SMILES string of the molecule is O=C(NC(CC1CCCC1)C(=O)N1CCC2OCC(=O)C21)c1cc2ccccc2s1. The van der Waals surface area contributed by atoms with Gasteiger partial charge in [0, 0.05) is 11.2 Å². The molecular weight excluding hydrogens is 400 g/mol. The highest BCUT2D eigenvalue weighted by atomic mass is 32.1. The fraction of sp³-hybridized carbons (Fsp3) is 0.522. The summed E-state index contributed by atoms with van der Waals surface area (Å²) in [5.41, 5.74) is 0. The molecule has 3 unspecified atom stereocenters. The Morgan fingerprint density at radius 3 is 2.80 bits per heavy atom. The first-order chi connectivity index (χ1) is 14.6. The van der Waals surface area contributed by atoms with Gasteiger partial charge in [0.1, 0.15) is 18.7 Å². The third-order valence-corrected chi connectivity index (χ3v) is 7.81. The van der Waals surface area contributed by atoms with E-state index in [-0.39, 0.29) is 30.3 Å². The van der Waals surface area contributed by atoms with E-state index < -0.39 is 12.1 Å². The van der Waals surface area contributed by atoms with Crippen molar-refractivity contribution in [2.75, 3.05) is 13.2 Å². The molecule has 3 atom stereocenters. The summed E-state index contributed by atoms with van der Waals surface area (Å²) in [7, 11) is 0. The minimum absolute atomic E-state index is 0.0266. The van der Waals surface area contributed by atoms with Crippen LogP contribution in [0.25, 0.3) is 10.1 Å². The van der Waals surface area contributed by atoms with Gasteiger partial charge in [-0.15, -0.1) is 11.3 Å². The molecule has 1 saturated carbocycles. The van der Waals surface area contributed by atoms with Crippen LogP contribution in [-0.4, -0.2) is 53.8 Å². The first-order valence-corrected chi connectivity index (χ1v) is 11.7. The fourth-order valence-corrected chi connectivity index (χ4v) is 6.13. The Kier molecular flexibility index (Phi) is 5.33. The lowest BCUT2D eigenvalue weighted by atomic mass is 9.97. The van der Waals surface area contributed by atoms with Gasteiger partial charge in [0.15, 0.2) is 5.78 Å². The number of likely N-dealkylation sites (tertiary alicyclic amines) is 1. The smallest absolute Gasteiger partial charge is 0.262 e. The number of ketones is 1. The number of amides is 2. The lowest BCUT2D eigenvalue weighted by Gasteiger charge is -2.28. The second kappa shape index (κ2) is 8.12. The zero-order chi connectivity index (χ0) is 20.7. The molecule has 5 rings (SSSR count). The first kappa shape index (κ1) is 19.7. The molecular formula is C23H26N2O4S. The number of ether oxygens (including phenoxy) is 1. The van der Waals surface area contributed by atoms with Crippen molar-refractivity contribution in [3.05, 3.63) is 35.2 Å². The summed E-state index contributed by atoms with van der Waals surface area (Å²) < 4.78 is 6.59. The van der Waals surface area contributed by atoms with Gasteiger partial charge < -0.3 is 15.0 Å². The fourth-order valence-electron chi connectivity index (χ4n) is 5.17. The second-order valence-electron chi connectivity index (χ2n) is 8.64. The predicted octanol–water partition coefficient (Wildman–Crippen LogP) is 3.15. The van der Waals surface area contributed by atoms with Crippen molar-refractivity contribution in [2.24, 2.45) is 5.92 Å². The largest absolute Gasteiger partial charge is 0.368 e. The van der Waals surface area contributed by atoms with Crippen molar-refractivity contribution < 1.29 is 19.1 Å². The molecule has 2 saturated heterocycles. The minimum atomic E-state index is -0.599. The molecule has 1 aromatic carbocycles. The van der Waals surface area contributed by atoms with Gasteiger partial charge in [0.2, 0.25) is 5.91 Å². The molecule has 7 heteroatoms. The molecule has 1 aliphatic carbocycles. The quantitative estimate of drug-likeness (QED) is 0.797. The highest BCUT2D eigenvalue weighted by molar-refractivity contribution is 7.20. The maximum absolute atomic E-state index is 13.5. The highest BCUT2D eigenvalue weighted by Crippen LogP contribution is 2.32. The lowest BCUT2D eigenvalue weighted by molar-refractivity contribution is -0.138. The van der Waals surface area contributed by atoms with Crippen LogP contribution in [0.3, 0.4) is 0 Å². The second-order valence-corrected chi connectivity index (χ2v) is 9.73. The topological polar surface area (TPSA) is 75.7 Å². The van der Waals surface area contributed by atoms with E-state index in [1.165, 1.54) is 24.2 Å². The average Bonchev–Trinajstić information content (AvgIpc) is 3.52. The summed E-state index contributed by atoms with van der Waals surface area (Å²) in [6, 6.07) is 8.69. The zero-order valence-electron chi connectivity index (χ0n) is 16.8. The number of carbonyl (C=O) groups is 3. The number of nitrogens with zero attached hydrogens (tertiary/aromatic N) is 1. The van der Waals surface area contributed by atoms with Gasteiger partial charge in [-0.3, -0.25) is 14.4 Å². The molecule has 3 heterocycles. The average molecular weight is 427 g/mol. The maximum atomic E-state index is 13.5. The summed E-state index contributed by atoms with van der Waals surface area (Å²) in [6.45, 7) is 0.598. The van der Waals surface area contributed by atoms with Crippen molar-refractivity contribution in [2.45, 2.75) is 56.7 Å². The Balaban J connectivity index is 1.36. The minimum Gasteiger partial charge on any atom is -0.368 e. The van der Waals surface area contributed by atoms with Crippen LogP contribution in [0.5, 0.6) is 0 Å². The monoisotopic (exact) mass is 426 g/mol. The number of rotatable bonds is 5. The third kappa shape index (κ3) is 3.65. The van der Waals surface area contributed by atoms with Crippen LogP contribution in [-0.2, 0) is 14.3 Å². The molecule has 30 heavy (non-hydrogen) atoms. The Morgan fingerprint density at radius 1 is 1.20 bits per heavy atom. The van der Waals surface area contributed by atoms with Crippen LogP contribution in [0, 0.1) is 5.92 Å². The summed E-state index contributed by atoms with van der Waals surface area (Å²) in [5, 5.41) is 4.05. The molecule has 0 radical (unpaired) electrons. The van der Waals surface area contributed by atoms with E-state index in [1.807, 2.05) is 30.3 Å². The van der Waals surface area contributed by atoms with E-state index in [0.29, 0.717) is 30.2 Å². The van der Waals surface area contributed by atoms with E-state index in [9.17, 15) is 14.4 Å². The van der Waals surface area contributed by atoms with E-state index in [4.69, 9.17) is 4.74 Å². The Bertz CT molecular complexity index is 947. The van der Waals surface area contributed by atoms with Gasteiger partial charge in [0.05, 0.1) is 11.0 Å². The van der Waals surface area contributed by atoms with Crippen molar-refractivity contribution in [1.82, 2.24) is 10.2 Å². The van der Waals surface area contributed by atoms with Crippen molar-refractivity contribution in [3.8, 4) is 0 Å². The maximum Gasteiger partial charge on any atom is 0.262 e. The molecule has 6 nitrogen and oxygen atoms in total. The number of nitrogens with one attached hydrogen (secondary N) is 1. The van der Waals surface area contributed by atoms with Crippen LogP contribution in [0.4, 0.5) is 0 Å². The Labute approximate surface area is 179 Å². The van der Waals surface area contributed by atoms with Crippen molar-refractivity contribution in [1.29, 1.82) is 0 Å². The molecule has 2 amide bonds. The molecule has 2 aromatic rings. The summed E-state index contributed by atoms with van der Waals surface area (Å²) in [5.74, 6) is 0.0666. The molecule has 0 bridgehead atoms. The molecule has 3 fully saturated rings. The first-order valence-electron chi connectivity index (χ1n) is 10.8. The standard InChI is InChI=1S/C23H26N2O4S/c26-17-13-29-18-9-10-25(21(17)18)23(28)16(11-14-5-1-2-6-14)24-22(27)20-12-15-7-3-4-8-19(15)30-20/h3-4,7-8,12,14,16,18,21H,1-2,5-6,9-11,13H2,(H,24,27). The van der Waals surface area contributed by atoms with Gasteiger partial charge in [-0.25, -0.2) is 0 Å². The van der Waals surface area contributed by atoms with Gasteiger partial charge in [-0.1, -0.05) is 43.9 Å². The summed E-state index contributed by atoms with van der Waals surface area (Å²) >= 11 is 1.44. The van der Waals surface area contributed by atoms with E-state index in [1.54, 1.807) is 4.90 Å². The highest BCUT2D eigenvalue weighted by Gasteiger charge is 2.48. The number of hydrogen-bond donors (Lipinski definition) is 1. The van der Waals surface area contributed by atoms with Crippen LogP contribution < -0.4 is 5.32 Å². The van der Waals surface area contributed by atoms with E-state index >= 15 is 0 Å². The normalized spacial score (nSPS) is 25.1. The molecule has 2 aliphatic heterocycles. The number of thiophene rings is 1. The van der Waals surface area contributed by atoms with Crippen LogP contribution in [0.1, 0.15) is 48.2 Å². The summed E-state index contributed by atoms with van der Waals surface area (Å²) in [6.07, 6.45) is 5.67. The number of benzene rings is 1. The predicted molar refractivity (Wildman–Crippen MR) is 115 cm³/mol. The third-order valence-electron chi connectivity index (χ3n) is 6.69. The molecule has 3 aliphatic rings. The molecule has 158 valence electrons. The van der Waals surface area contributed by atoms with Gasteiger partial charge in [-0.2, -0.15) is 0 Å². The van der Waals surface area contributed by atoms with Gasteiger partial charge in [-0.05, 0) is 36.3 Å². The van der Waals surface area contributed by atoms with Gasteiger partial charge in [0.25, 0.3) is 5.91 Å². The van der Waals surface area contributed by atoms with Crippen LogP contribution >= 0.6 is 11.3 Å². The molecule has 0 spiro atoms. The van der Waals surface area contributed by atoms with Crippen LogP contribution in [0.2, 0.25) is 0 Å². The number of carbonyl (C=O) groups excluding carboxylic acids is 3. The Hall–Kier alpha value is -2.25. The molecule has 1 N–H and O–H groups in total.